The monoisotopic (exact) mass is 228 g/mol. The molecule has 12 heavy (non-hydrogen) atoms. The van der Waals surface area contributed by atoms with Crippen LogP contribution in [-0.4, -0.2) is 26.7 Å². The Kier molecular flexibility index (Phi) is 3.47. The van der Waals surface area contributed by atoms with Gasteiger partial charge >= 0.3 is 79.6 Å². The Balaban J connectivity index is 2.58. The summed E-state index contributed by atoms with van der Waals surface area (Å²) in [7, 11) is 0. The fraction of sp³-hybridized carbons (Fsp3) is 0.222. The van der Waals surface area contributed by atoms with Crippen LogP contribution in [0.25, 0.3) is 0 Å². The van der Waals surface area contributed by atoms with Crippen LogP contribution < -0.4 is 5.73 Å². The summed E-state index contributed by atoms with van der Waals surface area (Å²) in [6.45, 7) is 0. The molecule has 0 saturated carbocycles. The fourth-order valence-electron chi connectivity index (χ4n) is 0.951. The molecule has 1 rings (SSSR count). The average molecular weight is 227 g/mol. The molecule has 1 aromatic carbocycles. The second-order valence-corrected chi connectivity index (χ2v) is 3.46. The van der Waals surface area contributed by atoms with Crippen LogP contribution in [0.3, 0.4) is 0 Å². The molecule has 0 aliphatic heterocycles. The summed E-state index contributed by atoms with van der Waals surface area (Å²) < 4.78 is -0.0844. The van der Waals surface area contributed by atoms with E-state index in [9.17, 15) is 4.79 Å². The molecule has 1 radical (unpaired) electrons. The van der Waals surface area contributed by atoms with Gasteiger partial charge in [0.05, 0.1) is 0 Å². The third kappa shape index (κ3) is 2.78. The van der Waals surface area contributed by atoms with Crippen molar-refractivity contribution in [3.63, 3.8) is 0 Å². The van der Waals surface area contributed by atoms with Crippen molar-refractivity contribution in [2.24, 2.45) is 5.73 Å². The average Bonchev–Trinajstić information content (AvgIpc) is 2.06. The van der Waals surface area contributed by atoms with Gasteiger partial charge in [0.15, 0.2) is 0 Å². The summed E-state index contributed by atoms with van der Waals surface area (Å²) in [6, 6.07) is 9.32. The van der Waals surface area contributed by atoms with E-state index in [1.54, 1.807) is 0 Å². The number of hydrogen-bond donors (Lipinski definition) is 1. The van der Waals surface area contributed by atoms with Crippen LogP contribution in [0.4, 0.5) is 0 Å². The topological polar surface area (TPSA) is 43.1 Å². The second kappa shape index (κ2) is 4.41. The van der Waals surface area contributed by atoms with Crippen molar-refractivity contribution in [1.29, 1.82) is 0 Å². The Morgan fingerprint density at radius 3 is 2.50 bits per heavy atom. The quantitative estimate of drug-likeness (QED) is 0.752. The van der Waals surface area contributed by atoms with Gasteiger partial charge in [0.2, 0.25) is 0 Å². The standard InChI is InChI=1S/C9H10NOSe/c10-8(9(11)12)6-7-4-2-1-3-5-7/h1-5,8H,6,10H2. The normalized spacial score (nSPS) is 12.4. The summed E-state index contributed by atoms with van der Waals surface area (Å²) in [6.07, 6.45) is 0.604. The molecule has 0 spiro atoms. The van der Waals surface area contributed by atoms with E-state index < -0.39 is 6.04 Å². The predicted octanol–water partition coefficient (Wildman–Crippen LogP) is 0.252. The second-order valence-electron chi connectivity index (χ2n) is 2.62. The first-order valence-corrected chi connectivity index (χ1v) is 4.56. The Morgan fingerprint density at radius 2 is 2.00 bits per heavy atom. The molecule has 2 nitrogen and oxygen atoms in total. The molecule has 0 bridgehead atoms. The SMILES string of the molecule is NC(Cc1ccccc1)C(=O)[Se]. The van der Waals surface area contributed by atoms with Crippen molar-refractivity contribution in [3.8, 4) is 0 Å². The van der Waals surface area contributed by atoms with Crippen LogP contribution in [-0.2, 0) is 11.2 Å². The Hall–Kier alpha value is -0.631. The van der Waals surface area contributed by atoms with Crippen molar-refractivity contribution >= 4 is 20.7 Å². The first kappa shape index (κ1) is 9.46. The van der Waals surface area contributed by atoms with Crippen molar-refractivity contribution < 1.29 is 4.79 Å². The van der Waals surface area contributed by atoms with Gasteiger partial charge in [0, 0.05) is 0 Å². The summed E-state index contributed by atoms with van der Waals surface area (Å²) >= 11 is 2.40. The third-order valence-corrected chi connectivity index (χ3v) is 2.24. The van der Waals surface area contributed by atoms with Gasteiger partial charge in [-0.05, 0) is 0 Å². The first-order chi connectivity index (χ1) is 5.70. The molecule has 1 aromatic rings. The number of benzene rings is 1. The molecule has 0 aliphatic carbocycles. The van der Waals surface area contributed by atoms with E-state index in [0.717, 1.165) is 5.56 Å². The number of carbonyl (C=O) groups excluding carboxylic acids is 1. The molecule has 3 heteroatoms. The predicted molar refractivity (Wildman–Crippen MR) is 48.9 cm³/mol. The van der Waals surface area contributed by atoms with Gasteiger partial charge in [-0.15, -0.1) is 0 Å². The van der Waals surface area contributed by atoms with Gasteiger partial charge in [-0.3, -0.25) is 0 Å². The molecule has 1 unspecified atom stereocenters. The van der Waals surface area contributed by atoms with Gasteiger partial charge in [0.1, 0.15) is 0 Å². The zero-order valence-electron chi connectivity index (χ0n) is 6.57. The molecule has 1 atom stereocenters. The van der Waals surface area contributed by atoms with E-state index in [2.05, 4.69) is 16.0 Å². The molecule has 0 aromatic heterocycles. The number of rotatable bonds is 3. The van der Waals surface area contributed by atoms with Gasteiger partial charge in [0.25, 0.3) is 0 Å². The zero-order chi connectivity index (χ0) is 8.97. The van der Waals surface area contributed by atoms with E-state index in [0.29, 0.717) is 6.42 Å². The third-order valence-electron chi connectivity index (χ3n) is 1.60. The van der Waals surface area contributed by atoms with Crippen LogP contribution in [0, 0.1) is 0 Å². The summed E-state index contributed by atoms with van der Waals surface area (Å²) in [5.74, 6) is 0. The number of nitrogens with two attached hydrogens (primary N) is 1. The molecular weight excluding hydrogens is 217 g/mol. The maximum absolute atomic E-state index is 10.8. The van der Waals surface area contributed by atoms with Gasteiger partial charge in [-0.25, -0.2) is 0 Å². The van der Waals surface area contributed by atoms with E-state index in [-0.39, 0.29) is 4.68 Å². The van der Waals surface area contributed by atoms with Crippen molar-refractivity contribution in [2.75, 3.05) is 0 Å². The number of carbonyl (C=O) groups is 1. The molecule has 0 amide bonds. The summed E-state index contributed by atoms with van der Waals surface area (Å²) in [5.41, 5.74) is 6.66. The fourth-order valence-corrected chi connectivity index (χ4v) is 1.13. The van der Waals surface area contributed by atoms with Gasteiger partial charge < -0.3 is 0 Å². The summed E-state index contributed by atoms with van der Waals surface area (Å²) in [5, 5.41) is 0. The molecule has 0 fully saturated rings. The van der Waals surface area contributed by atoms with Crippen LogP contribution >= 0.6 is 0 Å². The van der Waals surface area contributed by atoms with E-state index >= 15 is 0 Å². The zero-order valence-corrected chi connectivity index (χ0v) is 8.28. The maximum atomic E-state index is 10.8. The van der Waals surface area contributed by atoms with Crippen LogP contribution in [0.2, 0.25) is 0 Å². The van der Waals surface area contributed by atoms with Crippen molar-refractivity contribution in [3.05, 3.63) is 35.9 Å². The van der Waals surface area contributed by atoms with E-state index in [1.165, 1.54) is 0 Å². The number of hydrogen-bond acceptors (Lipinski definition) is 2. The molecule has 0 saturated heterocycles. The Labute approximate surface area is 80.0 Å². The van der Waals surface area contributed by atoms with Crippen molar-refractivity contribution in [2.45, 2.75) is 12.5 Å². The van der Waals surface area contributed by atoms with Gasteiger partial charge in [-0.1, -0.05) is 0 Å². The Bertz CT molecular complexity index is 260. The molecule has 2 N–H and O–H groups in total. The van der Waals surface area contributed by atoms with Crippen molar-refractivity contribution in [1.82, 2.24) is 0 Å². The molecule has 0 heterocycles. The van der Waals surface area contributed by atoms with Gasteiger partial charge in [-0.2, -0.15) is 0 Å². The molecule has 63 valence electrons. The molecule has 0 aliphatic rings. The minimum atomic E-state index is -0.410. The van der Waals surface area contributed by atoms with E-state index in [4.69, 9.17) is 5.73 Å². The first-order valence-electron chi connectivity index (χ1n) is 3.70. The van der Waals surface area contributed by atoms with Crippen LogP contribution in [0.5, 0.6) is 0 Å². The minimum absolute atomic E-state index is 0.0844. The Morgan fingerprint density at radius 1 is 1.42 bits per heavy atom. The van der Waals surface area contributed by atoms with Crippen LogP contribution in [0.15, 0.2) is 30.3 Å². The molecular formula is C9H10NOSe. The summed E-state index contributed by atoms with van der Waals surface area (Å²) in [4.78, 5) is 10.8. The van der Waals surface area contributed by atoms with E-state index in [1.807, 2.05) is 30.3 Å². The van der Waals surface area contributed by atoms with Crippen LogP contribution in [0.1, 0.15) is 5.56 Å².